The van der Waals surface area contributed by atoms with Gasteiger partial charge in [-0.05, 0) is 63.5 Å². The maximum Gasteiger partial charge on any atom is 0.227 e. The third-order valence-corrected chi connectivity index (χ3v) is 4.81. The zero-order chi connectivity index (χ0) is 19.1. The van der Waals surface area contributed by atoms with E-state index in [1.165, 1.54) is 6.42 Å². The fourth-order valence-corrected chi connectivity index (χ4v) is 3.46. The number of aryl methyl sites for hydroxylation is 1. The van der Waals surface area contributed by atoms with Gasteiger partial charge in [0.1, 0.15) is 5.75 Å². The highest BCUT2D eigenvalue weighted by Crippen LogP contribution is 2.21. The lowest BCUT2D eigenvalue weighted by Gasteiger charge is -2.32. The Morgan fingerprint density at radius 3 is 2.86 bits per heavy atom. The molecule has 1 amide bonds. The minimum Gasteiger partial charge on any atom is -0.494 e. The van der Waals surface area contributed by atoms with Crippen molar-refractivity contribution in [3.05, 3.63) is 30.2 Å². The number of aromatic nitrogens is 2. The highest BCUT2D eigenvalue weighted by atomic mass is 35.5. The van der Waals surface area contributed by atoms with Gasteiger partial charge in [0.25, 0.3) is 0 Å². The molecule has 0 spiro atoms. The number of hydrogen-bond donors (Lipinski definition) is 1. The van der Waals surface area contributed by atoms with Gasteiger partial charge in [-0.2, -0.15) is 4.98 Å². The minimum absolute atomic E-state index is 0. The van der Waals surface area contributed by atoms with Gasteiger partial charge in [-0.15, -0.1) is 12.4 Å². The Balaban J connectivity index is 0.00000280. The maximum absolute atomic E-state index is 12.5. The Kier molecular flexibility index (Phi) is 8.73. The van der Waals surface area contributed by atoms with Gasteiger partial charge in [0, 0.05) is 31.5 Å². The number of halogens is 1. The summed E-state index contributed by atoms with van der Waals surface area (Å²) in [6, 6.07) is 7.58. The van der Waals surface area contributed by atoms with Gasteiger partial charge < -0.3 is 19.5 Å². The van der Waals surface area contributed by atoms with Crippen LogP contribution in [0.15, 0.2) is 28.8 Å². The second kappa shape index (κ2) is 11.0. The zero-order valence-electron chi connectivity index (χ0n) is 16.5. The van der Waals surface area contributed by atoms with Crippen molar-refractivity contribution in [2.75, 3.05) is 33.3 Å². The smallest absolute Gasteiger partial charge is 0.227 e. The summed E-state index contributed by atoms with van der Waals surface area (Å²) in [7, 11) is 1.96. The van der Waals surface area contributed by atoms with Crippen LogP contribution >= 0.6 is 12.4 Å². The van der Waals surface area contributed by atoms with E-state index in [9.17, 15) is 4.79 Å². The molecule has 8 heteroatoms. The van der Waals surface area contributed by atoms with Crippen molar-refractivity contribution in [2.45, 2.75) is 32.6 Å². The molecule has 1 atom stereocenters. The van der Waals surface area contributed by atoms with Crippen molar-refractivity contribution >= 4 is 18.3 Å². The molecule has 1 N–H and O–H groups in total. The highest BCUT2D eigenvalue weighted by Gasteiger charge is 2.23. The monoisotopic (exact) mass is 408 g/mol. The van der Waals surface area contributed by atoms with Crippen LogP contribution in [0.2, 0.25) is 0 Å². The third kappa shape index (κ3) is 5.94. The SMILES string of the molecule is CCOc1ccc(-c2noc(CCC(=O)N3CCCC(CNC)C3)n2)cc1.Cl. The van der Waals surface area contributed by atoms with Crippen molar-refractivity contribution in [1.29, 1.82) is 0 Å². The van der Waals surface area contributed by atoms with Crippen molar-refractivity contribution in [3.8, 4) is 17.1 Å². The Morgan fingerprint density at radius 1 is 1.36 bits per heavy atom. The summed E-state index contributed by atoms with van der Waals surface area (Å²) in [5.41, 5.74) is 0.866. The normalized spacial score (nSPS) is 16.5. The molecule has 154 valence electrons. The molecule has 28 heavy (non-hydrogen) atoms. The lowest BCUT2D eigenvalue weighted by atomic mass is 9.97. The number of likely N-dealkylation sites (tertiary alicyclic amines) is 1. The molecule has 3 rings (SSSR count). The standard InChI is InChI=1S/C20H28N4O3.ClH/c1-3-26-17-8-6-16(7-9-17)20-22-18(27-23-20)10-11-19(25)24-12-4-5-15(14-24)13-21-2;/h6-9,15,21H,3-5,10-14H2,1-2H3;1H. The second-order valence-electron chi connectivity index (χ2n) is 6.87. The van der Waals surface area contributed by atoms with Crippen molar-refractivity contribution in [3.63, 3.8) is 0 Å². The lowest BCUT2D eigenvalue weighted by Crippen LogP contribution is -2.42. The molecule has 1 aromatic heterocycles. The van der Waals surface area contributed by atoms with Crippen LogP contribution in [0.4, 0.5) is 0 Å². The molecule has 7 nitrogen and oxygen atoms in total. The summed E-state index contributed by atoms with van der Waals surface area (Å²) in [6.07, 6.45) is 3.12. The van der Waals surface area contributed by atoms with Gasteiger partial charge in [-0.1, -0.05) is 5.16 Å². The first-order valence-electron chi connectivity index (χ1n) is 9.67. The number of benzene rings is 1. The number of ether oxygens (including phenoxy) is 1. The average molecular weight is 409 g/mol. The fourth-order valence-electron chi connectivity index (χ4n) is 3.46. The first kappa shape index (κ1) is 22.2. The zero-order valence-corrected chi connectivity index (χ0v) is 17.3. The minimum atomic E-state index is 0. The van der Waals surface area contributed by atoms with Crippen molar-refractivity contribution in [2.24, 2.45) is 5.92 Å². The number of amides is 1. The summed E-state index contributed by atoms with van der Waals surface area (Å²) < 4.78 is 10.8. The van der Waals surface area contributed by atoms with Gasteiger partial charge in [0.2, 0.25) is 17.6 Å². The molecule has 0 aliphatic carbocycles. The number of hydrogen-bond acceptors (Lipinski definition) is 6. The quantitative estimate of drug-likeness (QED) is 0.723. The third-order valence-electron chi connectivity index (χ3n) is 4.81. The molecule has 1 aliphatic heterocycles. The number of nitrogens with zero attached hydrogens (tertiary/aromatic N) is 3. The summed E-state index contributed by atoms with van der Waals surface area (Å²) in [6.45, 7) is 5.22. The van der Waals surface area contributed by atoms with Crippen LogP contribution in [0.5, 0.6) is 5.75 Å². The van der Waals surface area contributed by atoms with Crippen LogP contribution in [-0.2, 0) is 11.2 Å². The summed E-state index contributed by atoms with van der Waals surface area (Å²) >= 11 is 0. The van der Waals surface area contributed by atoms with E-state index in [2.05, 4.69) is 15.5 Å². The van der Waals surface area contributed by atoms with Crippen LogP contribution < -0.4 is 10.1 Å². The number of carbonyl (C=O) groups excluding carboxylic acids is 1. The molecule has 0 radical (unpaired) electrons. The molecule has 1 aromatic carbocycles. The van der Waals surface area contributed by atoms with E-state index >= 15 is 0 Å². The predicted octanol–water partition coefficient (Wildman–Crippen LogP) is 2.95. The Hall–Kier alpha value is -2.12. The summed E-state index contributed by atoms with van der Waals surface area (Å²) in [5.74, 6) is 2.55. The topological polar surface area (TPSA) is 80.5 Å². The van der Waals surface area contributed by atoms with E-state index in [-0.39, 0.29) is 18.3 Å². The van der Waals surface area contributed by atoms with Gasteiger partial charge in [-0.3, -0.25) is 4.79 Å². The molecule has 1 aliphatic rings. The Bertz CT molecular complexity index is 733. The van der Waals surface area contributed by atoms with Crippen LogP contribution in [0.3, 0.4) is 0 Å². The van der Waals surface area contributed by atoms with Crippen LogP contribution in [0.1, 0.15) is 32.1 Å². The van der Waals surface area contributed by atoms with Gasteiger partial charge in [-0.25, -0.2) is 0 Å². The Morgan fingerprint density at radius 2 is 2.14 bits per heavy atom. The van der Waals surface area contributed by atoms with Gasteiger partial charge >= 0.3 is 0 Å². The molecule has 2 aromatic rings. The number of piperidine rings is 1. The largest absolute Gasteiger partial charge is 0.494 e. The first-order chi connectivity index (χ1) is 13.2. The van der Waals surface area contributed by atoms with E-state index in [1.807, 2.05) is 43.1 Å². The van der Waals surface area contributed by atoms with Crippen LogP contribution in [0.25, 0.3) is 11.4 Å². The highest BCUT2D eigenvalue weighted by molar-refractivity contribution is 5.85. The van der Waals surface area contributed by atoms with Gasteiger partial charge in [0.05, 0.1) is 6.61 Å². The number of nitrogens with one attached hydrogen (secondary N) is 1. The van der Waals surface area contributed by atoms with Crippen molar-refractivity contribution < 1.29 is 14.1 Å². The molecule has 2 heterocycles. The van der Waals surface area contributed by atoms with E-state index in [0.29, 0.717) is 37.1 Å². The maximum atomic E-state index is 12.5. The number of carbonyl (C=O) groups is 1. The molecule has 1 unspecified atom stereocenters. The predicted molar refractivity (Wildman–Crippen MR) is 110 cm³/mol. The van der Waals surface area contributed by atoms with Crippen molar-refractivity contribution in [1.82, 2.24) is 20.4 Å². The lowest BCUT2D eigenvalue weighted by molar-refractivity contribution is -0.133. The average Bonchev–Trinajstić information content (AvgIpc) is 3.16. The first-order valence-corrected chi connectivity index (χ1v) is 9.67. The van der Waals surface area contributed by atoms with E-state index in [4.69, 9.17) is 9.26 Å². The van der Waals surface area contributed by atoms with E-state index < -0.39 is 0 Å². The van der Waals surface area contributed by atoms with Crippen LogP contribution in [-0.4, -0.2) is 54.2 Å². The second-order valence-corrected chi connectivity index (χ2v) is 6.87. The fraction of sp³-hybridized carbons (Fsp3) is 0.550. The molecule has 0 bridgehead atoms. The summed E-state index contributed by atoms with van der Waals surface area (Å²) in [5, 5.41) is 7.23. The number of rotatable bonds is 8. The van der Waals surface area contributed by atoms with Gasteiger partial charge in [0.15, 0.2) is 0 Å². The van der Waals surface area contributed by atoms with Crippen LogP contribution in [0, 0.1) is 5.92 Å². The molecular weight excluding hydrogens is 380 g/mol. The van der Waals surface area contributed by atoms with E-state index in [0.717, 1.165) is 37.4 Å². The molecule has 1 fully saturated rings. The summed E-state index contributed by atoms with van der Waals surface area (Å²) in [4.78, 5) is 18.9. The molecular formula is C20H29ClN4O3. The van der Waals surface area contributed by atoms with E-state index in [1.54, 1.807) is 0 Å². The molecule has 1 saturated heterocycles. The Labute approximate surface area is 172 Å². The molecule has 0 saturated carbocycles.